The molecule has 1 N–H and O–H groups in total. The summed E-state index contributed by atoms with van der Waals surface area (Å²) < 4.78 is 10.7. The van der Waals surface area contributed by atoms with Gasteiger partial charge >= 0.3 is 0 Å². The molecule has 0 atom stereocenters. The highest BCUT2D eigenvalue weighted by Gasteiger charge is 2.18. The van der Waals surface area contributed by atoms with E-state index in [9.17, 15) is 0 Å². The highest BCUT2D eigenvalue weighted by molar-refractivity contribution is 8.01. The Morgan fingerprint density at radius 2 is 1.88 bits per heavy atom. The van der Waals surface area contributed by atoms with Gasteiger partial charge in [0.25, 0.3) is 0 Å². The van der Waals surface area contributed by atoms with Gasteiger partial charge in [-0.25, -0.2) is 15.0 Å². The lowest BCUT2D eigenvalue weighted by Gasteiger charge is -2.20. The van der Waals surface area contributed by atoms with E-state index in [0.717, 1.165) is 34.1 Å². The number of fused-ring (bicyclic) bond motifs is 1. The Morgan fingerprint density at radius 3 is 2.62 bits per heavy atom. The molecule has 2 heterocycles. The lowest BCUT2D eigenvalue weighted by atomic mass is 10.0. The largest absolute Gasteiger partial charge is 0.497 e. The molecule has 1 aliphatic carbocycles. The minimum absolute atomic E-state index is 0.651. The summed E-state index contributed by atoms with van der Waals surface area (Å²) in [7, 11) is 3.65. The van der Waals surface area contributed by atoms with Crippen LogP contribution in [0.2, 0.25) is 0 Å². The van der Waals surface area contributed by atoms with E-state index in [0.29, 0.717) is 5.25 Å². The van der Waals surface area contributed by atoms with Crippen LogP contribution in [0, 0.1) is 0 Å². The fraction of sp³-hybridized carbons (Fsp3) is 0.421. The van der Waals surface area contributed by atoms with Crippen LogP contribution in [-0.2, 0) is 7.05 Å². The van der Waals surface area contributed by atoms with Gasteiger partial charge in [-0.3, -0.25) is 0 Å². The third-order valence-electron chi connectivity index (χ3n) is 4.88. The molecule has 3 aromatic rings. The number of nitrogens with one attached hydrogen (secondary N) is 1. The molecule has 1 aliphatic rings. The van der Waals surface area contributed by atoms with E-state index < -0.39 is 0 Å². The van der Waals surface area contributed by atoms with Gasteiger partial charge < -0.3 is 14.0 Å². The molecular formula is C19H23N5OS. The summed E-state index contributed by atoms with van der Waals surface area (Å²) in [5, 5.41) is 0.651. The Kier molecular flexibility index (Phi) is 4.97. The highest BCUT2D eigenvalue weighted by atomic mass is 32.2. The first-order chi connectivity index (χ1) is 12.8. The van der Waals surface area contributed by atoms with Crippen molar-refractivity contribution in [2.75, 3.05) is 11.8 Å². The lowest BCUT2D eigenvalue weighted by Crippen LogP contribution is -2.11. The van der Waals surface area contributed by atoms with Gasteiger partial charge in [0.1, 0.15) is 17.9 Å². The molecule has 0 saturated heterocycles. The van der Waals surface area contributed by atoms with Gasteiger partial charge in [-0.15, -0.1) is 0 Å². The van der Waals surface area contributed by atoms with Gasteiger partial charge in [0.2, 0.25) is 0 Å². The second-order valence-corrected chi connectivity index (χ2v) is 7.70. The van der Waals surface area contributed by atoms with Crippen LogP contribution in [0.4, 0.5) is 5.82 Å². The average Bonchev–Trinajstić information content (AvgIpc) is 3.04. The van der Waals surface area contributed by atoms with Crippen molar-refractivity contribution in [1.29, 1.82) is 0 Å². The van der Waals surface area contributed by atoms with Crippen LogP contribution in [-0.4, -0.2) is 31.9 Å². The highest BCUT2D eigenvalue weighted by Crippen LogP contribution is 2.31. The van der Waals surface area contributed by atoms with Crippen molar-refractivity contribution in [2.45, 2.75) is 37.4 Å². The molecule has 1 fully saturated rings. The zero-order valence-corrected chi connectivity index (χ0v) is 15.9. The summed E-state index contributed by atoms with van der Waals surface area (Å²) in [6.45, 7) is 0. The first-order valence-electron chi connectivity index (χ1n) is 9.00. The maximum absolute atomic E-state index is 5.24. The van der Waals surface area contributed by atoms with Crippen LogP contribution in [0.15, 0.2) is 30.6 Å². The molecule has 6 nitrogen and oxygen atoms in total. The monoisotopic (exact) mass is 369 g/mol. The number of benzene rings is 1. The smallest absolute Gasteiger partial charge is 0.167 e. The molecule has 0 radical (unpaired) electrons. The van der Waals surface area contributed by atoms with Crippen molar-refractivity contribution in [3.8, 4) is 17.1 Å². The van der Waals surface area contributed by atoms with Crippen LogP contribution in [0.3, 0.4) is 0 Å². The van der Waals surface area contributed by atoms with E-state index in [2.05, 4.69) is 14.7 Å². The normalized spacial score (nSPS) is 15.3. The zero-order valence-electron chi connectivity index (χ0n) is 15.1. The number of hydrogen-bond donors (Lipinski definition) is 1. The fourth-order valence-corrected chi connectivity index (χ4v) is 4.39. The summed E-state index contributed by atoms with van der Waals surface area (Å²) in [4.78, 5) is 13.7. The Morgan fingerprint density at radius 1 is 1.12 bits per heavy atom. The van der Waals surface area contributed by atoms with Gasteiger partial charge in [0.15, 0.2) is 17.0 Å². The minimum atomic E-state index is 0.651. The van der Waals surface area contributed by atoms with E-state index in [1.807, 2.05) is 35.9 Å². The van der Waals surface area contributed by atoms with Gasteiger partial charge in [-0.1, -0.05) is 19.3 Å². The minimum Gasteiger partial charge on any atom is -0.497 e. The Balaban J connectivity index is 1.63. The standard InChI is InChI=1S/C19H23N5OS/c1-24-18(13-8-10-14(25-2)11-9-13)22-16-17(20-12-21-19(16)24)23-26-15-6-4-3-5-7-15/h8-12,15H,3-7H2,1-2H3,(H,20,21,23). The number of anilines is 1. The van der Waals surface area contributed by atoms with Crippen LogP contribution in [0.1, 0.15) is 32.1 Å². The van der Waals surface area contributed by atoms with Gasteiger partial charge in [0, 0.05) is 17.9 Å². The SMILES string of the molecule is COc1ccc(-c2nc3c(NSC4CCCCC4)ncnc3n2C)cc1. The van der Waals surface area contributed by atoms with Crippen molar-refractivity contribution < 1.29 is 4.74 Å². The fourth-order valence-electron chi connectivity index (χ4n) is 3.39. The molecule has 2 aromatic heterocycles. The quantitative estimate of drug-likeness (QED) is 0.671. The molecule has 1 aromatic carbocycles. The molecule has 0 aliphatic heterocycles. The van der Waals surface area contributed by atoms with E-state index in [4.69, 9.17) is 9.72 Å². The predicted octanol–water partition coefficient (Wildman–Crippen LogP) is 4.43. The van der Waals surface area contributed by atoms with Crippen molar-refractivity contribution in [3.05, 3.63) is 30.6 Å². The number of aromatic nitrogens is 4. The number of rotatable bonds is 5. The van der Waals surface area contributed by atoms with E-state index in [1.54, 1.807) is 25.4 Å². The second-order valence-electron chi connectivity index (χ2n) is 6.60. The summed E-state index contributed by atoms with van der Waals surface area (Å²) in [5.41, 5.74) is 2.67. The number of hydrogen-bond acceptors (Lipinski definition) is 6. The Hall–Kier alpha value is -2.28. The molecule has 0 unspecified atom stereocenters. The molecule has 4 rings (SSSR count). The van der Waals surface area contributed by atoms with Crippen LogP contribution in [0.5, 0.6) is 5.75 Å². The molecule has 1 saturated carbocycles. The van der Waals surface area contributed by atoms with Gasteiger partial charge in [0.05, 0.1) is 7.11 Å². The zero-order chi connectivity index (χ0) is 17.9. The number of nitrogens with zero attached hydrogens (tertiary/aromatic N) is 4. The summed E-state index contributed by atoms with van der Waals surface area (Å²) in [5.74, 6) is 2.49. The average molecular weight is 369 g/mol. The van der Waals surface area contributed by atoms with Crippen molar-refractivity contribution in [3.63, 3.8) is 0 Å². The molecule has 136 valence electrons. The molecule has 0 amide bonds. The van der Waals surface area contributed by atoms with Gasteiger partial charge in [-0.2, -0.15) is 0 Å². The molecule has 0 bridgehead atoms. The molecular weight excluding hydrogens is 346 g/mol. The van der Waals surface area contributed by atoms with Crippen LogP contribution in [0.25, 0.3) is 22.6 Å². The predicted molar refractivity (Wildman–Crippen MR) is 106 cm³/mol. The first kappa shape index (κ1) is 17.1. The van der Waals surface area contributed by atoms with Crippen molar-refractivity contribution in [1.82, 2.24) is 19.5 Å². The number of imidazole rings is 1. The van der Waals surface area contributed by atoms with Crippen molar-refractivity contribution in [2.24, 2.45) is 7.05 Å². The number of methoxy groups -OCH3 is 1. The third kappa shape index (κ3) is 3.35. The number of ether oxygens (including phenoxy) is 1. The Bertz CT molecular complexity index is 887. The van der Waals surface area contributed by atoms with Gasteiger partial charge in [-0.05, 0) is 49.1 Å². The molecule has 26 heavy (non-hydrogen) atoms. The van der Waals surface area contributed by atoms with Crippen molar-refractivity contribution >= 4 is 28.9 Å². The number of aryl methyl sites for hydroxylation is 1. The Labute approximate surface area is 157 Å². The van der Waals surface area contributed by atoms with E-state index >= 15 is 0 Å². The van der Waals surface area contributed by atoms with Crippen LogP contribution >= 0.6 is 11.9 Å². The molecule has 7 heteroatoms. The molecule has 0 spiro atoms. The summed E-state index contributed by atoms with van der Waals surface area (Å²) in [6.07, 6.45) is 8.15. The third-order valence-corrected chi connectivity index (χ3v) is 5.99. The summed E-state index contributed by atoms with van der Waals surface area (Å²) in [6, 6.07) is 7.91. The first-order valence-corrected chi connectivity index (χ1v) is 9.87. The lowest BCUT2D eigenvalue weighted by molar-refractivity contribution is 0.415. The topological polar surface area (TPSA) is 64.9 Å². The second kappa shape index (κ2) is 7.53. The maximum atomic E-state index is 5.24. The van der Waals surface area contributed by atoms with E-state index in [-0.39, 0.29) is 0 Å². The summed E-state index contributed by atoms with van der Waals surface area (Å²) >= 11 is 1.78. The van der Waals surface area contributed by atoms with E-state index in [1.165, 1.54) is 32.1 Å². The van der Waals surface area contributed by atoms with Crippen LogP contribution < -0.4 is 9.46 Å². The maximum Gasteiger partial charge on any atom is 0.167 e.